The lowest BCUT2D eigenvalue weighted by atomic mass is 10.1. The molecule has 2 nitrogen and oxygen atoms in total. The smallest absolute Gasteiger partial charge is 0.171 e. The zero-order chi connectivity index (χ0) is 13.1. The minimum Gasteiger partial charge on any atom is -0.294 e. The summed E-state index contributed by atoms with van der Waals surface area (Å²) in [5, 5.41) is 0. The van der Waals surface area contributed by atoms with Gasteiger partial charge in [-0.1, -0.05) is 6.07 Å². The summed E-state index contributed by atoms with van der Waals surface area (Å²) in [6.45, 7) is 1.89. The molecule has 0 bridgehead atoms. The largest absolute Gasteiger partial charge is 0.294 e. The number of Topliss-reactive ketones (excluding diaryl/α,β-unsaturated/α-hetero) is 1. The number of ketones is 1. The number of nitrogens with zero attached hydrogens (tertiary/aromatic N) is 1. The van der Waals surface area contributed by atoms with E-state index < -0.39 is 17.4 Å². The maximum absolute atomic E-state index is 13.4. The van der Waals surface area contributed by atoms with Crippen LogP contribution >= 0.6 is 0 Å². The third kappa shape index (κ3) is 2.77. The van der Waals surface area contributed by atoms with Gasteiger partial charge < -0.3 is 0 Å². The normalized spacial score (nSPS) is 10.4. The summed E-state index contributed by atoms with van der Waals surface area (Å²) in [6, 6.07) is 6.47. The lowest BCUT2D eigenvalue weighted by Crippen LogP contribution is -2.07. The second kappa shape index (κ2) is 5.04. The Morgan fingerprint density at radius 2 is 2.00 bits per heavy atom. The number of aromatic nitrogens is 1. The number of rotatable bonds is 3. The number of benzene rings is 1. The Morgan fingerprint density at radius 1 is 1.22 bits per heavy atom. The van der Waals surface area contributed by atoms with Gasteiger partial charge in [0.05, 0.1) is 12.0 Å². The number of halogens is 2. The van der Waals surface area contributed by atoms with E-state index in [1.54, 1.807) is 12.3 Å². The Balaban J connectivity index is 2.19. The van der Waals surface area contributed by atoms with Crippen molar-refractivity contribution in [3.05, 3.63) is 65.0 Å². The van der Waals surface area contributed by atoms with Crippen molar-refractivity contribution >= 4 is 5.78 Å². The first-order chi connectivity index (χ1) is 8.56. The van der Waals surface area contributed by atoms with E-state index in [1.165, 1.54) is 0 Å². The molecule has 0 spiro atoms. The van der Waals surface area contributed by atoms with E-state index in [-0.39, 0.29) is 12.0 Å². The second-order valence-electron chi connectivity index (χ2n) is 4.05. The number of carbonyl (C=O) groups is 1. The molecule has 1 aromatic heterocycles. The standard InChI is InChI=1S/C14H11F2NO/c1-9-2-4-11(17-8-9)7-14(18)12-5-3-10(15)6-13(12)16/h2-6,8H,7H2,1H3. The zero-order valence-electron chi connectivity index (χ0n) is 9.78. The first kappa shape index (κ1) is 12.4. The Hall–Kier alpha value is -2.10. The van der Waals surface area contributed by atoms with Crippen LogP contribution in [0.5, 0.6) is 0 Å². The maximum Gasteiger partial charge on any atom is 0.171 e. The van der Waals surface area contributed by atoms with Gasteiger partial charge in [-0.25, -0.2) is 8.78 Å². The van der Waals surface area contributed by atoms with Gasteiger partial charge in [0, 0.05) is 18.0 Å². The minimum atomic E-state index is -0.841. The summed E-state index contributed by atoms with van der Waals surface area (Å²) < 4.78 is 26.1. The molecule has 0 unspecified atom stereocenters. The molecule has 1 aromatic carbocycles. The Bertz CT molecular complexity index is 579. The van der Waals surface area contributed by atoms with Crippen molar-refractivity contribution < 1.29 is 13.6 Å². The van der Waals surface area contributed by atoms with Gasteiger partial charge in [-0.3, -0.25) is 9.78 Å². The van der Waals surface area contributed by atoms with Crippen molar-refractivity contribution in [3.8, 4) is 0 Å². The van der Waals surface area contributed by atoms with Crippen LogP contribution in [0, 0.1) is 18.6 Å². The molecule has 2 rings (SSSR count). The van der Waals surface area contributed by atoms with Gasteiger partial charge in [0.25, 0.3) is 0 Å². The van der Waals surface area contributed by atoms with Gasteiger partial charge in [-0.05, 0) is 30.7 Å². The highest BCUT2D eigenvalue weighted by Crippen LogP contribution is 2.12. The average Bonchev–Trinajstić information content (AvgIpc) is 2.32. The third-order valence-corrected chi connectivity index (χ3v) is 2.55. The summed E-state index contributed by atoms with van der Waals surface area (Å²) in [7, 11) is 0. The first-order valence-corrected chi connectivity index (χ1v) is 5.46. The van der Waals surface area contributed by atoms with E-state index in [1.807, 2.05) is 13.0 Å². The number of hydrogen-bond acceptors (Lipinski definition) is 2. The lowest BCUT2D eigenvalue weighted by Gasteiger charge is -2.03. The molecule has 0 saturated heterocycles. The molecule has 0 fully saturated rings. The predicted molar refractivity (Wildman–Crippen MR) is 63.4 cm³/mol. The van der Waals surface area contributed by atoms with E-state index in [0.29, 0.717) is 11.8 Å². The Kier molecular flexibility index (Phi) is 3.46. The molecule has 4 heteroatoms. The van der Waals surface area contributed by atoms with Crippen molar-refractivity contribution in [3.63, 3.8) is 0 Å². The van der Waals surface area contributed by atoms with Gasteiger partial charge >= 0.3 is 0 Å². The molecule has 18 heavy (non-hydrogen) atoms. The number of carbonyl (C=O) groups excluding carboxylic acids is 1. The second-order valence-corrected chi connectivity index (χ2v) is 4.05. The zero-order valence-corrected chi connectivity index (χ0v) is 9.78. The van der Waals surface area contributed by atoms with Crippen LogP contribution in [0.1, 0.15) is 21.6 Å². The van der Waals surface area contributed by atoms with E-state index in [2.05, 4.69) is 4.98 Å². The van der Waals surface area contributed by atoms with Crippen LogP contribution in [-0.4, -0.2) is 10.8 Å². The van der Waals surface area contributed by atoms with Crippen LogP contribution in [0.4, 0.5) is 8.78 Å². The molecule has 92 valence electrons. The van der Waals surface area contributed by atoms with Crippen LogP contribution < -0.4 is 0 Å². The van der Waals surface area contributed by atoms with Crippen LogP contribution in [0.15, 0.2) is 36.5 Å². The quantitative estimate of drug-likeness (QED) is 0.780. The summed E-state index contributed by atoms with van der Waals surface area (Å²) in [4.78, 5) is 15.9. The monoisotopic (exact) mass is 247 g/mol. The van der Waals surface area contributed by atoms with Crippen LogP contribution in [0.25, 0.3) is 0 Å². The van der Waals surface area contributed by atoms with E-state index in [9.17, 15) is 13.6 Å². The van der Waals surface area contributed by atoms with E-state index in [0.717, 1.165) is 17.7 Å². The fourth-order valence-corrected chi connectivity index (χ4v) is 1.58. The van der Waals surface area contributed by atoms with Crippen molar-refractivity contribution in [1.29, 1.82) is 0 Å². The van der Waals surface area contributed by atoms with Gasteiger partial charge in [0.1, 0.15) is 11.6 Å². The van der Waals surface area contributed by atoms with Crippen LogP contribution in [-0.2, 0) is 6.42 Å². The highest BCUT2D eigenvalue weighted by Gasteiger charge is 2.13. The van der Waals surface area contributed by atoms with Crippen molar-refractivity contribution in [2.75, 3.05) is 0 Å². The number of pyridine rings is 1. The molecule has 0 saturated carbocycles. The average molecular weight is 247 g/mol. The molecular formula is C14H11F2NO. The molecule has 0 N–H and O–H groups in total. The fourth-order valence-electron chi connectivity index (χ4n) is 1.58. The van der Waals surface area contributed by atoms with Crippen molar-refractivity contribution in [2.45, 2.75) is 13.3 Å². The van der Waals surface area contributed by atoms with E-state index in [4.69, 9.17) is 0 Å². The van der Waals surface area contributed by atoms with Crippen LogP contribution in [0.2, 0.25) is 0 Å². The summed E-state index contributed by atoms with van der Waals surface area (Å²) >= 11 is 0. The van der Waals surface area contributed by atoms with E-state index >= 15 is 0 Å². The third-order valence-electron chi connectivity index (χ3n) is 2.55. The molecule has 0 aliphatic rings. The Labute approximate surface area is 103 Å². The molecular weight excluding hydrogens is 236 g/mol. The predicted octanol–water partition coefficient (Wildman–Crippen LogP) is 3.09. The topological polar surface area (TPSA) is 30.0 Å². The molecule has 0 aliphatic heterocycles. The summed E-state index contributed by atoms with van der Waals surface area (Å²) in [5.74, 6) is -1.95. The van der Waals surface area contributed by atoms with Gasteiger partial charge in [-0.2, -0.15) is 0 Å². The number of hydrogen-bond donors (Lipinski definition) is 0. The SMILES string of the molecule is Cc1ccc(CC(=O)c2ccc(F)cc2F)nc1. The number of aryl methyl sites for hydroxylation is 1. The van der Waals surface area contributed by atoms with Gasteiger partial charge in [-0.15, -0.1) is 0 Å². The summed E-state index contributed by atoms with van der Waals surface area (Å²) in [6.07, 6.45) is 1.65. The lowest BCUT2D eigenvalue weighted by molar-refractivity contribution is 0.0988. The maximum atomic E-state index is 13.4. The molecule has 0 radical (unpaired) electrons. The Morgan fingerprint density at radius 3 is 2.61 bits per heavy atom. The van der Waals surface area contributed by atoms with Crippen LogP contribution in [0.3, 0.4) is 0 Å². The highest BCUT2D eigenvalue weighted by molar-refractivity contribution is 5.97. The summed E-state index contributed by atoms with van der Waals surface area (Å²) in [5.41, 5.74) is 1.44. The first-order valence-electron chi connectivity index (χ1n) is 5.46. The highest BCUT2D eigenvalue weighted by atomic mass is 19.1. The molecule has 0 atom stereocenters. The molecule has 1 heterocycles. The minimum absolute atomic E-state index is 0.00281. The van der Waals surface area contributed by atoms with Crippen molar-refractivity contribution in [2.24, 2.45) is 0 Å². The van der Waals surface area contributed by atoms with Gasteiger partial charge in [0.15, 0.2) is 5.78 Å². The fraction of sp³-hybridized carbons (Fsp3) is 0.143. The van der Waals surface area contributed by atoms with Crippen molar-refractivity contribution in [1.82, 2.24) is 4.98 Å². The van der Waals surface area contributed by atoms with Gasteiger partial charge in [0.2, 0.25) is 0 Å². The molecule has 2 aromatic rings. The molecule has 0 aliphatic carbocycles. The molecule has 0 amide bonds.